The predicted octanol–water partition coefficient (Wildman–Crippen LogP) is 4.95. The summed E-state index contributed by atoms with van der Waals surface area (Å²) in [7, 11) is 0. The molecule has 0 aliphatic carbocycles. The van der Waals surface area contributed by atoms with E-state index in [9.17, 15) is 9.59 Å². The van der Waals surface area contributed by atoms with Gasteiger partial charge >= 0.3 is 0 Å². The third-order valence-electron chi connectivity index (χ3n) is 4.70. The van der Waals surface area contributed by atoms with Crippen molar-refractivity contribution in [2.75, 3.05) is 5.32 Å². The minimum absolute atomic E-state index is 0.132. The average molecular weight is 419 g/mol. The second kappa shape index (κ2) is 8.43. The standard InChI is InChI=1S/C24H19ClN2O3/c1-15-6-8-16(9-7-15)14-26-23(28)18-10-11-21-20(12-18)27-24(29)22(30-21)13-17-4-2-3-5-19(17)25/h2-13H,14H2,1H3,(H,26,28)(H,27,29)/b22-13+. The van der Waals surface area contributed by atoms with Gasteiger partial charge in [-0.1, -0.05) is 59.6 Å². The number of benzene rings is 3. The number of anilines is 1. The Bertz CT molecular complexity index is 1150. The van der Waals surface area contributed by atoms with Crippen LogP contribution in [0.1, 0.15) is 27.0 Å². The molecule has 1 aliphatic heterocycles. The minimum atomic E-state index is -0.403. The summed E-state index contributed by atoms with van der Waals surface area (Å²) in [5, 5.41) is 6.17. The molecule has 1 aliphatic rings. The first kappa shape index (κ1) is 19.7. The zero-order valence-corrected chi connectivity index (χ0v) is 17.0. The van der Waals surface area contributed by atoms with Crippen LogP contribution in [0.15, 0.2) is 72.5 Å². The monoisotopic (exact) mass is 418 g/mol. The van der Waals surface area contributed by atoms with Gasteiger partial charge in [0, 0.05) is 17.1 Å². The highest BCUT2D eigenvalue weighted by molar-refractivity contribution is 6.32. The molecule has 3 aromatic carbocycles. The molecule has 0 radical (unpaired) electrons. The van der Waals surface area contributed by atoms with Crippen molar-refractivity contribution >= 4 is 35.2 Å². The van der Waals surface area contributed by atoms with Gasteiger partial charge < -0.3 is 15.4 Å². The van der Waals surface area contributed by atoms with Crippen molar-refractivity contribution in [3.8, 4) is 5.75 Å². The van der Waals surface area contributed by atoms with E-state index in [-0.39, 0.29) is 11.7 Å². The van der Waals surface area contributed by atoms with Crippen molar-refractivity contribution in [1.29, 1.82) is 0 Å². The Labute approximate surface area is 179 Å². The molecule has 1 heterocycles. The molecule has 0 saturated carbocycles. The SMILES string of the molecule is Cc1ccc(CNC(=O)c2ccc3c(c2)NC(=O)/C(=C\c2ccccc2Cl)O3)cc1. The molecule has 0 unspecified atom stereocenters. The smallest absolute Gasteiger partial charge is 0.291 e. The molecule has 30 heavy (non-hydrogen) atoms. The van der Waals surface area contributed by atoms with E-state index in [0.29, 0.717) is 34.1 Å². The first-order chi connectivity index (χ1) is 14.5. The number of ether oxygens (including phenoxy) is 1. The Hall–Kier alpha value is -3.57. The molecular weight excluding hydrogens is 400 g/mol. The second-order valence-electron chi connectivity index (χ2n) is 6.97. The van der Waals surface area contributed by atoms with Gasteiger partial charge in [-0.05, 0) is 48.4 Å². The van der Waals surface area contributed by atoms with Gasteiger partial charge in [0.2, 0.25) is 0 Å². The number of nitrogens with one attached hydrogen (secondary N) is 2. The van der Waals surface area contributed by atoms with Crippen LogP contribution in [-0.2, 0) is 11.3 Å². The molecule has 0 bridgehead atoms. The molecule has 3 aromatic rings. The van der Waals surface area contributed by atoms with Gasteiger partial charge in [0.25, 0.3) is 11.8 Å². The normalized spacial score (nSPS) is 13.9. The maximum atomic E-state index is 12.5. The number of carbonyl (C=O) groups excluding carboxylic acids is 2. The summed E-state index contributed by atoms with van der Waals surface area (Å²) in [4.78, 5) is 24.9. The molecule has 0 saturated heterocycles. The van der Waals surface area contributed by atoms with Crippen molar-refractivity contribution < 1.29 is 14.3 Å². The lowest BCUT2D eigenvalue weighted by atomic mass is 10.1. The minimum Gasteiger partial charge on any atom is -0.449 e. The molecule has 0 spiro atoms. The number of halogens is 1. The molecular formula is C24H19ClN2O3. The van der Waals surface area contributed by atoms with Crippen LogP contribution in [0.25, 0.3) is 6.08 Å². The van der Waals surface area contributed by atoms with Crippen molar-refractivity contribution in [2.24, 2.45) is 0 Å². The highest BCUT2D eigenvalue weighted by Gasteiger charge is 2.23. The molecule has 2 N–H and O–H groups in total. The molecule has 5 nitrogen and oxygen atoms in total. The molecule has 150 valence electrons. The van der Waals surface area contributed by atoms with Crippen LogP contribution in [0.3, 0.4) is 0 Å². The van der Waals surface area contributed by atoms with Gasteiger partial charge in [0.05, 0.1) is 5.69 Å². The summed E-state index contributed by atoms with van der Waals surface area (Å²) >= 11 is 6.15. The zero-order chi connectivity index (χ0) is 21.1. The number of carbonyl (C=O) groups is 2. The molecule has 6 heteroatoms. The van der Waals surface area contributed by atoms with Crippen LogP contribution in [0, 0.1) is 6.92 Å². The van der Waals surface area contributed by atoms with E-state index >= 15 is 0 Å². The van der Waals surface area contributed by atoms with Crippen molar-refractivity contribution in [1.82, 2.24) is 5.32 Å². The number of fused-ring (bicyclic) bond motifs is 1. The summed E-state index contributed by atoms with van der Waals surface area (Å²) in [5.74, 6) is -0.0418. The highest BCUT2D eigenvalue weighted by atomic mass is 35.5. The van der Waals surface area contributed by atoms with Crippen molar-refractivity contribution in [2.45, 2.75) is 13.5 Å². The summed E-state index contributed by atoms with van der Waals surface area (Å²) in [5.41, 5.74) is 3.74. The van der Waals surface area contributed by atoms with Crippen LogP contribution in [0.4, 0.5) is 5.69 Å². The number of hydrogen-bond donors (Lipinski definition) is 2. The van der Waals surface area contributed by atoms with E-state index in [2.05, 4.69) is 10.6 Å². The Morgan fingerprint density at radius 3 is 2.63 bits per heavy atom. The maximum absolute atomic E-state index is 12.5. The third kappa shape index (κ3) is 4.36. The molecule has 0 fully saturated rings. The fourth-order valence-corrected chi connectivity index (χ4v) is 3.22. The quantitative estimate of drug-likeness (QED) is 0.589. The summed E-state index contributed by atoms with van der Waals surface area (Å²) in [6.45, 7) is 2.44. The summed E-state index contributed by atoms with van der Waals surface area (Å²) in [6, 6.07) is 20.1. The van der Waals surface area contributed by atoms with E-state index in [0.717, 1.165) is 5.56 Å². The van der Waals surface area contributed by atoms with E-state index in [1.807, 2.05) is 43.3 Å². The Morgan fingerprint density at radius 1 is 1.10 bits per heavy atom. The lowest BCUT2D eigenvalue weighted by molar-refractivity contribution is -0.115. The fraction of sp³-hybridized carbons (Fsp3) is 0.0833. The van der Waals surface area contributed by atoms with Crippen LogP contribution >= 0.6 is 11.6 Å². The highest BCUT2D eigenvalue weighted by Crippen LogP contribution is 2.33. The van der Waals surface area contributed by atoms with Crippen LogP contribution < -0.4 is 15.4 Å². The molecule has 0 aromatic heterocycles. The van der Waals surface area contributed by atoms with Crippen molar-refractivity contribution in [3.05, 3.63) is 99.8 Å². The number of amides is 2. The number of aryl methyl sites for hydroxylation is 1. The third-order valence-corrected chi connectivity index (χ3v) is 5.04. The molecule has 2 amide bonds. The lowest BCUT2D eigenvalue weighted by Gasteiger charge is -2.20. The first-order valence-electron chi connectivity index (χ1n) is 9.43. The fourth-order valence-electron chi connectivity index (χ4n) is 3.03. The lowest BCUT2D eigenvalue weighted by Crippen LogP contribution is -2.25. The number of rotatable bonds is 4. The first-order valence-corrected chi connectivity index (χ1v) is 9.80. The van der Waals surface area contributed by atoms with E-state index in [4.69, 9.17) is 16.3 Å². The topological polar surface area (TPSA) is 67.4 Å². The van der Waals surface area contributed by atoms with Gasteiger partial charge in [-0.2, -0.15) is 0 Å². The maximum Gasteiger partial charge on any atom is 0.291 e. The van der Waals surface area contributed by atoms with Crippen LogP contribution in [0.5, 0.6) is 5.75 Å². The zero-order valence-electron chi connectivity index (χ0n) is 16.2. The van der Waals surface area contributed by atoms with Gasteiger partial charge in [-0.25, -0.2) is 0 Å². The Morgan fingerprint density at radius 2 is 1.87 bits per heavy atom. The Kier molecular flexibility index (Phi) is 5.55. The number of hydrogen-bond acceptors (Lipinski definition) is 3. The molecule has 4 rings (SSSR count). The average Bonchev–Trinajstić information content (AvgIpc) is 2.75. The Balaban J connectivity index is 1.49. The van der Waals surface area contributed by atoms with Gasteiger partial charge in [0.15, 0.2) is 11.5 Å². The predicted molar refractivity (Wildman–Crippen MR) is 117 cm³/mol. The summed E-state index contributed by atoms with van der Waals surface area (Å²) < 4.78 is 5.74. The largest absolute Gasteiger partial charge is 0.449 e. The van der Waals surface area contributed by atoms with E-state index < -0.39 is 5.91 Å². The molecule has 0 atom stereocenters. The van der Waals surface area contributed by atoms with E-state index in [1.165, 1.54) is 5.56 Å². The van der Waals surface area contributed by atoms with Crippen LogP contribution in [0.2, 0.25) is 5.02 Å². The summed E-state index contributed by atoms with van der Waals surface area (Å²) in [6.07, 6.45) is 1.59. The van der Waals surface area contributed by atoms with Crippen molar-refractivity contribution in [3.63, 3.8) is 0 Å². The van der Waals surface area contributed by atoms with Gasteiger partial charge in [-0.15, -0.1) is 0 Å². The van der Waals surface area contributed by atoms with E-state index in [1.54, 1.807) is 36.4 Å². The second-order valence-corrected chi connectivity index (χ2v) is 7.37. The van der Waals surface area contributed by atoms with Gasteiger partial charge in [-0.3, -0.25) is 9.59 Å². The van der Waals surface area contributed by atoms with Gasteiger partial charge in [0.1, 0.15) is 0 Å². The van der Waals surface area contributed by atoms with Crippen LogP contribution in [-0.4, -0.2) is 11.8 Å².